The summed E-state index contributed by atoms with van der Waals surface area (Å²) in [6.45, 7) is 3.54. The fourth-order valence-corrected chi connectivity index (χ4v) is 2.27. The first-order chi connectivity index (χ1) is 9.11. The van der Waals surface area contributed by atoms with Crippen molar-refractivity contribution in [3.8, 4) is 0 Å². The first-order valence-corrected chi connectivity index (χ1v) is 6.68. The summed E-state index contributed by atoms with van der Waals surface area (Å²) < 4.78 is 6.67. The summed E-state index contributed by atoms with van der Waals surface area (Å²) in [5.74, 6) is 0.711. The maximum absolute atomic E-state index is 12.4. The lowest BCUT2D eigenvalue weighted by Gasteiger charge is -2.29. The number of ether oxygens (including phenoxy) is 1. The van der Waals surface area contributed by atoms with E-state index in [1.165, 1.54) is 12.8 Å². The molecule has 1 aliphatic carbocycles. The number of nitrogens with zero attached hydrogens (tertiary/aromatic N) is 3. The van der Waals surface area contributed by atoms with Gasteiger partial charge in [-0.05, 0) is 25.7 Å². The fourth-order valence-electron chi connectivity index (χ4n) is 2.27. The van der Waals surface area contributed by atoms with Gasteiger partial charge in [-0.15, -0.1) is 0 Å². The number of carbonyl (C=O) groups is 1. The molecule has 1 amide bonds. The molecule has 0 aromatic carbocycles. The first kappa shape index (κ1) is 13.9. The quantitative estimate of drug-likeness (QED) is 0.790. The summed E-state index contributed by atoms with van der Waals surface area (Å²) in [7, 11) is 1.65. The Morgan fingerprint density at radius 1 is 1.68 bits per heavy atom. The van der Waals surface area contributed by atoms with E-state index >= 15 is 0 Å². The van der Waals surface area contributed by atoms with Crippen molar-refractivity contribution in [2.24, 2.45) is 5.92 Å². The van der Waals surface area contributed by atoms with E-state index in [0.717, 1.165) is 0 Å². The molecule has 6 nitrogen and oxygen atoms in total. The third-order valence-corrected chi connectivity index (χ3v) is 3.60. The number of rotatable bonds is 7. The molecule has 2 N–H and O–H groups in total. The van der Waals surface area contributed by atoms with Gasteiger partial charge in [0.15, 0.2) is 0 Å². The van der Waals surface area contributed by atoms with E-state index in [1.54, 1.807) is 24.2 Å². The van der Waals surface area contributed by atoms with Crippen molar-refractivity contribution in [3.05, 3.63) is 12.4 Å². The van der Waals surface area contributed by atoms with E-state index in [4.69, 9.17) is 10.5 Å². The molecule has 2 rings (SSSR count). The van der Waals surface area contributed by atoms with Gasteiger partial charge in [0.2, 0.25) is 5.91 Å². The summed E-state index contributed by atoms with van der Waals surface area (Å²) in [5, 5.41) is 4.05. The molecule has 1 aromatic rings. The average molecular weight is 266 g/mol. The number of aromatic nitrogens is 2. The highest BCUT2D eigenvalue weighted by Gasteiger charge is 2.34. The Bertz CT molecular complexity index is 428. The molecule has 0 saturated heterocycles. The van der Waals surface area contributed by atoms with Gasteiger partial charge in [-0.25, -0.2) is 0 Å². The predicted octanol–water partition coefficient (Wildman–Crippen LogP) is 0.739. The minimum Gasteiger partial charge on any atom is -0.396 e. The third-order valence-electron chi connectivity index (χ3n) is 3.60. The lowest BCUT2D eigenvalue weighted by atomic mass is 10.2. The van der Waals surface area contributed by atoms with Crippen LogP contribution in [0.2, 0.25) is 0 Å². The van der Waals surface area contributed by atoms with Crippen LogP contribution < -0.4 is 5.73 Å². The van der Waals surface area contributed by atoms with Gasteiger partial charge in [0.05, 0.1) is 18.5 Å². The standard InChI is InChI=1S/C13H22N4O2/c1-10(11-3-4-11)17(5-6-19-2)13(18)9-16-8-12(14)7-15-16/h7-8,10-11H,3-6,9,14H2,1-2H3. The van der Waals surface area contributed by atoms with Crippen LogP contribution >= 0.6 is 0 Å². The molecule has 0 spiro atoms. The highest BCUT2D eigenvalue weighted by Crippen LogP contribution is 2.35. The summed E-state index contributed by atoms with van der Waals surface area (Å²) >= 11 is 0. The van der Waals surface area contributed by atoms with E-state index in [-0.39, 0.29) is 18.5 Å². The highest BCUT2D eigenvalue weighted by molar-refractivity contribution is 5.76. The SMILES string of the molecule is COCCN(C(=O)Cn1cc(N)cn1)C(C)C1CC1. The topological polar surface area (TPSA) is 73.4 Å². The van der Waals surface area contributed by atoms with Crippen molar-refractivity contribution < 1.29 is 9.53 Å². The summed E-state index contributed by atoms with van der Waals surface area (Å²) in [6, 6.07) is 0.274. The predicted molar refractivity (Wildman–Crippen MR) is 72.4 cm³/mol. The number of hydrogen-bond acceptors (Lipinski definition) is 4. The van der Waals surface area contributed by atoms with Gasteiger partial charge in [-0.1, -0.05) is 0 Å². The second kappa shape index (κ2) is 6.06. The van der Waals surface area contributed by atoms with Crippen molar-refractivity contribution in [1.29, 1.82) is 0 Å². The van der Waals surface area contributed by atoms with Crippen molar-refractivity contribution in [2.75, 3.05) is 26.0 Å². The van der Waals surface area contributed by atoms with Gasteiger partial charge in [-0.3, -0.25) is 9.48 Å². The van der Waals surface area contributed by atoms with Crippen molar-refractivity contribution in [1.82, 2.24) is 14.7 Å². The van der Waals surface area contributed by atoms with E-state index in [9.17, 15) is 4.79 Å². The maximum atomic E-state index is 12.4. The van der Waals surface area contributed by atoms with Gasteiger partial charge in [0.25, 0.3) is 0 Å². The zero-order valence-corrected chi connectivity index (χ0v) is 11.6. The van der Waals surface area contributed by atoms with Crippen LogP contribution in [0.3, 0.4) is 0 Å². The minimum absolute atomic E-state index is 0.0690. The first-order valence-electron chi connectivity index (χ1n) is 6.68. The number of nitrogen functional groups attached to an aromatic ring is 1. The number of amides is 1. The Morgan fingerprint density at radius 2 is 2.42 bits per heavy atom. The zero-order chi connectivity index (χ0) is 13.8. The van der Waals surface area contributed by atoms with E-state index in [2.05, 4.69) is 12.0 Å². The average Bonchev–Trinajstić information content (AvgIpc) is 3.14. The largest absolute Gasteiger partial charge is 0.396 e. The molecular formula is C13H22N4O2. The van der Waals surface area contributed by atoms with Crippen LogP contribution in [0.5, 0.6) is 0 Å². The number of nitrogens with two attached hydrogens (primary N) is 1. The molecule has 0 bridgehead atoms. The van der Waals surface area contributed by atoms with E-state index in [1.807, 2.05) is 4.90 Å². The van der Waals surface area contributed by atoms with Gasteiger partial charge in [0.1, 0.15) is 6.54 Å². The Balaban J connectivity index is 1.97. The maximum Gasteiger partial charge on any atom is 0.244 e. The number of hydrogen-bond donors (Lipinski definition) is 1. The van der Waals surface area contributed by atoms with E-state index in [0.29, 0.717) is 24.8 Å². The van der Waals surface area contributed by atoms with Crippen molar-refractivity contribution in [3.63, 3.8) is 0 Å². The van der Waals surface area contributed by atoms with Crippen LogP contribution in [-0.4, -0.2) is 46.9 Å². The third kappa shape index (κ3) is 3.70. The van der Waals surface area contributed by atoms with Crippen LogP contribution in [0.25, 0.3) is 0 Å². The number of anilines is 1. The van der Waals surface area contributed by atoms with Crippen LogP contribution in [0.4, 0.5) is 5.69 Å². The van der Waals surface area contributed by atoms with Crippen molar-refractivity contribution >= 4 is 11.6 Å². The van der Waals surface area contributed by atoms with Gasteiger partial charge in [-0.2, -0.15) is 5.10 Å². The highest BCUT2D eigenvalue weighted by atomic mass is 16.5. The Labute approximate surface area is 113 Å². The molecule has 1 saturated carbocycles. The molecule has 0 radical (unpaired) electrons. The van der Waals surface area contributed by atoms with Gasteiger partial charge >= 0.3 is 0 Å². The minimum atomic E-state index is 0.0690. The molecule has 1 fully saturated rings. The van der Waals surface area contributed by atoms with Gasteiger partial charge < -0.3 is 15.4 Å². The van der Waals surface area contributed by atoms with Crippen molar-refractivity contribution in [2.45, 2.75) is 32.4 Å². The molecule has 1 heterocycles. The second-order valence-electron chi connectivity index (χ2n) is 5.13. The lowest BCUT2D eigenvalue weighted by molar-refractivity contribution is -0.135. The Hall–Kier alpha value is -1.56. The second-order valence-corrected chi connectivity index (χ2v) is 5.13. The number of methoxy groups -OCH3 is 1. The Morgan fingerprint density at radius 3 is 2.95 bits per heavy atom. The monoisotopic (exact) mass is 266 g/mol. The molecule has 6 heteroatoms. The molecule has 106 valence electrons. The smallest absolute Gasteiger partial charge is 0.244 e. The van der Waals surface area contributed by atoms with E-state index < -0.39 is 0 Å². The van der Waals surface area contributed by atoms with Crippen LogP contribution in [0.15, 0.2) is 12.4 Å². The Kier molecular flexibility index (Phi) is 4.42. The fraction of sp³-hybridized carbons (Fsp3) is 0.692. The van der Waals surface area contributed by atoms with Crippen LogP contribution in [-0.2, 0) is 16.1 Å². The summed E-state index contributed by atoms with van der Waals surface area (Å²) in [5.41, 5.74) is 6.18. The molecule has 0 aliphatic heterocycles. The molecule has 1 atom stereocenters. The zero-order valence-electron chi connectivity index (χ0n) is 11.6. The summed E-state index contributed by atoms with van der Waals surface area (Å²) in [4.78, 5) is 14.3. The number of carbonyl (C=O) groups excluding carboxylic acids is 1. The summed E-state index contributed by atoms with van der Waals surface area (Å²) in [6.07, 6.45) is 5.66. The molecule has 1 unspecified atom stereocenters. The molecule has 1 aromatic heterocycles. The molecule has 1 aliphatic rings. The van der Waals surface area contributed by atoms with Crippen LogP contribution in [0, 0.1) is 5.92 Å². The lowest BCUT2D eigenvalue weighted by Crippen LogP contribution is -2.43. The molecular weight excluding hydrogens is 244 g/mol. The molecule has 19 heavy (non-hydrogen) atoms. The normalized spacial score (nSPS) is 16.3. The van der Waals surface area contributed by atoms with Gasteiger partial charge in [0, 0.05) is 25.9 Å². The van der Waals surface area contributed by atoms with Crippen LogP contribution in [0.1, 0.15) is 19.8 Å².